The number of carboxylic acids is 1. The zero-order valence-electron chi connectivity index (χ0n) is 47.4. The second kappa shape index (κ2) is 25.4. The molecule has 7 atom stereocenters. The van der Waals surface area contributed by atoms with Gasteiger partial charge in [-0.05, 0) is 76.1 Å². The molecule has 18 nitrogen and oxygen atoms in total. The molecule has 4 aromatic rings. The summed E-state index contributed by atoms with van der Waals surface area (Å²) in [5.74, 6) is -6.64. The number of para-hydroxylation sites is 1. The molecule has 3 aromatic carbocycles. The zero-order chi connectivity index (χ0) is 57.5. The molecule has 0 spiro atoms. The van der Waals surface area contributed by atoms with E-state index in [9.17, 15) is 33.9 Å². The van der Waals surface area contributed by atoms with Crippen LogP contribution in [0.3, 0.4) is 0 Å². The minimum Gasteiger partial charge on any atom is -0.480 e. The molecule has 424 valence electrons. The maximum absolute atomic E-state index is 15.5. The summed E-state index contributed by atoms with van der Waals surface area (Å²) < 4.78 is 20.1. The van der Waals surface area contributed by atoms with Gasteiger partial charge in [0.05, 0.1) is 30.8 Å². The third kappa shape index (κ3) is 14.8. The number of ether oxygens (including phenoxy) is 1. The first kappa shape index (κ1) is 61.2. The molecule has 2 heterocycles. The number of aromatic nitrogens is 1. The van der Waals surface area contributed by atoms with Crippen LogP contribution in [0.15, 0.2) is 77.8 Å². The van der Waals surface area contributed by atoms with Crippen LogP contribution in [0.25, 0.3) is 22.0 Å². The summed E-state index contributed by atoms with van der Waals surface area (Å²) in [4.78, 5) is 101. The number of rotatable bonds is 15. The van der Waals surface area contributed by atoms with Gasteiger partial charge < -0.3 is 55.6 Å². The smallest absolute Gasteiger partial charge is 0.407 e. The van der Waals surface area contributed by atoms with Crippen molar-refractivity contribution in [2.75, 3.05) is 32.1 Å². The van der Waals surface area contributed by atoms with E-state index >= 15 is 4.79 Å². The Bertz CT molecular complexity index is 2800. The number of amides is 6. The monoisotopic (exact) mass is 1130 g/mol. The van der Waals surface area contributed by atoms with Crippen molar-refractivity contribution in [1.29, 1.82) is 0 Å². The first-order chi connectivity index (χ1) is 36.5. The number of aliphatic carboxylic acids is 1. The molecule has 21 heteroatoms. The largest absolute Gasteiger partial charge is 0.480 e. The number of H-pyrrole nitrogens is 1. The molecule has 78 heavy (non-hydrogen) atoms. The summed E-state index contributed by atoms with van der Waals surface area (Å²) in [5, 5.41) is 27.2. The number of alkyl carbamates (subject to hydrolysis) is 1. The van der Waals surface area contributed by atoms with Crippen LogP contribution in [0.4, 0.5) is 4.79 Å². The van der Waals surface area contributed by atoms with Crippen LogP contribution in [0.1, 0.15) is 91.3 Å². The molecule has 0 radical (unpaired) electrons. The van der Waals surface area contributed by atoms with Gasteiger partial charge in [-0.2, -0.15) is 0 Å². The van der Waals surface area contributed by atoms with Gasteiger partial charge in [0.25, 0.3) is 0 Å². The second-order valence-corrected chi connectivity index (χ2v) is 34.3. The molecule has 0 saturated heterocycles. The van der Waals surface area contributed by atoms with Crippen LogP contribution in [-0.2, 0) is 48.8 Å². The lowest BCUT2D eigenvalue weighted by atomic mass is 9.94. The van der Waals surface area contributed by atoms with Crippen LogP contribution in [0.2, 0.25) is 36.3 Å². The van der Waals surface area contributed by atoms with E-state index in [4.69, 9.17) is 13.6 Å². The Kier molecular flexibility index (Phi) is 19.9. The van der Waals surface area contributed by atoms with Crippen LogP contribution in [0.5, 0.6) is 0 Å². The van der Waals surface area contributed by atoms with Gasteiger partial charge >= 0.3 is 12.1 Å². The van der Waals surface area contributed by atoms with Crippen molar-refractivity contribution in [2.24, 2.45) is 11.8 Å². The molecule has 1 aliphatic carbocycles. The molecule has 0 bridgehead atoms. The summed E-state index contributed by atoms with van der Waals surface area (Å²) >= 11 is 1.09. The van der Waals surface area contributed by atoms with E-state index < -0.39 is 113 Å². The lowest BCUT2D eigenvalue weighted by Crippen LogP contribution is -2.60. The number of carboxylic acid groups (broad SMARTS) is 1. The Hall–Kier alpha value is -6.01. The quantitative estimate of drug-likeness (QED) is 0.0536. The number of benzene rings is 3. The number of hydrogen-bond donors (Lipinski definition) is 8. The lowest BCUT2D eigenvalue weighted by molar-refractivity contribution is -0.141. The standard InChI is InChI=1S/C57H81N7O11SSi2/c1-14-33(2)48-51(68)59-28-46(65)60-44(54(70)71)32-76-53-40(39-25-19-20-26-42(39)62-53)27-43(50(67)58-29-47(66)63-48)61-52(69)49(34(3)45(75-78(12,13)57(7,8)9)31-74-77(10,11)56(4,5)6)64-55(72)73-30-41-37-23-17-15-21-35(37)36-22-16-18-24-38(36)41/h15-26,33-34,41,43-45,48-49,62H,14,27-32H2,1-13H3,(H,58,67)(H,59,68)(H,60,65)(H,61,69)(H,63,66)(H,64,72)(H,70,71)/t33-,34-,43-,44-,45-,48-,49-/m0/s1. The van der Waals surface area contributed by atoms with Crippen LogP contribution in [-0.4, -0.2) is 131 Å². The Labute approximate surface area is 465 Å². The minimum absolute atomic E-state index is 0.0406. The highest BCUT2D eigenvalue weighted by Crippen LogP contribution is 2.45. The normalized spacial score (nSPS) is 19.9. The van der Waals surface area contributed by atoms with Gasteiger partial charge in [0.2, 0.25) is 29.5 Å². The molecule has 2 aliphatic rings. The minimum atomic E-state index is -2.63. The average Bonchev–Trinajstić information content (AvgIpc) is 3.99. The number of carbonyl (C=O) groups is 7. The summed E-state index contributed by atoms with van der Waals surface area (Å²) in [6, 6.07) is 17.8. The van der Waals surface area contributed by atoms with E-state index in [1.165, 1.54) is 0 Å². The fourth-order valence-electron chi connectivity index (χ4n) is 9.03. The van der Waals surface area contributed by atoms with E-state index in [1.54, 1.807) is 13.0 Å². The highest BCUT2D eigenvalue weighted by molar-refractivity contribution is 7.99. The summed E-state index contributed by atoms with van der Waals surface area (Å²) in [5.41, 5.74) is 5.28. The van der Waals surface area contributed by atoms with E-state index in [-0.39, 0.29) is 41.4 Å². The molecule has 6 amide bonds. The number of aromatic amines is 1. The Morgan fingerprint density at radius 2 is 1.35 bits per heavy atom. The maximum atomic E-state index is 15.5. The molecule has 6 rings (SSSR count). The van der Waals surface area contributed by atoms with E-state index in [0.717, 1.165) is 34.0 Å². The molecule has 1 aromatic heterocycles. The van der Waals surface area contributed by atoms with Crippen LogP contribution < -0.4 is 31.9 Å². The average molecular weight is 1130 g/mol. The third-order valence-corrected chi connectivity index (χ3v) is 26.3. The third-order valence-electron chi connectivity index (χ3n) is 16.2. The highest BCUT2D eigenvalue weighted by Gasteiger charge is 2.46. The number of carbonyl (C=O) groups excluding carboxylic acids is 6. The zero-order valence-corrected chi connectivity index (χ0v) is 50.3. The molecule has 8 N–H and O–H groups in total. The van der Waals surface area contributed by atoms with Crippen molar-refractivity contribution >= 4 is 80.9 Å². The SMILES string of the molecule is CC[C@H](C)[C@@H]1NC(=O)CNC(=O)[C@@H](NC(=O)[C@@H](NC(=O)OCC2c3ccccc3-c3ccccc32)[C@@H](C)[C@H](CO[Si](C)(C)C(C)(C)C)O[Si](C)(C)C(C)(C)C)Cc2c([nH]c3ccccc23)SC[C@@H](C(=O)O)NC(=O)CNC1=O. The summed E-state index contributed by atoms with van der Waals surface area (Å²) in [6.07, 6.45) is -1.34. The number of thioether (sulfide) groups is 1. The van der Waals surface area contributed by atoms with E-state index in [0.29, 0.717) is 27.9 Å². The predicted molar refractivity (Wildman–Crippen MR) is 308 cm³/mol. The van der Waals surface area contributed by atoms with Gasteiger partial charge in [-0.25, -0.2) is 9.59 Å². The molecule has 1 aliphatic heterocycles. The fourth-order valence-corrected chi connectivity index (χ4v) is 12.5. The Morgan fingerprint density at radius 1 is 0.782 bits per heavy atom. The summed E-state index contributed by atoms with van der Waals surface area (Å²) in [6.45, 7) is 25.5. The van der Waals surface area contributed by atoms with Crippen molar-refractivity contribution in [3.8, 4) is 11.1 Å². The molecular weight excluding hydrogens is 1050 g/mol. The van der Waals surface area contributed by atoms with Crippen LogP contribution in [0, 0.1) is 11.8 Å². The maximum Gasteiger partial charge on any atom is 0.407 e. The van der Waals surface area contributed by atoms with Crippen molar-refractivity contribution < 1.29 is 52.3 Å². The van der Waals surface area contributed by atoms with Gasteiger partial charge in [-0.3, -0.25) is 24.0 Å². The van der Waals surface area contributed by atoms with Gasteiger partial charge in [0.1, 0.15) is 30.8 Å². The second-order valence-electron chi connectivity index (χ2n) is 23.7. The van der Waals surface area contributed by atoms with Gasteiger partial charge in [0, 0.05) is 34.9 Å². The van der Waals surface area contributed by atoms with Crippen LogP contribution >= 0.6 is 11.8 Å². The van der Waals surface area contributed by atoms with E-state index in [2.05, 4.69) is 105 Å². The lowest BCUT2D eigenvalue weighted by Gasteiger charge is -2.44. The van der Waals surface area contributed by atoms with Gasteiger partial charge in [0.15, 0.2) is 16.6 Å². The topological polar surface area (TPSA) is 255 Å². The summed E-state index contributed by atoms with van der Waals surface area (Å²) in [7, 11) is -5.06. The van der Waals surface area contributed by atoms with Crippen molar-refractivity contribution in [1.82, 2.24) is 36.9 Å². The van der Waals surface area contributed by atoms with Crippen molar-refractivity contribution in [2.45, 2.75) is 153 Å². The van der Waals surface area contributed by atoms with Gasteiger partial charge in [-0.1, -0.05) is 135 Å². The molecule has 0 fully saturated rings. The molecular formula is C57H81N7O11SSi2. The predicted octanol–water partition coefficient (Wildman–Crippen LogP) is 7.59. The van der Waals surface area contributed by atoms with E-state index in [1.807, 2.05) is 80.6 Å². The van der Waals surface area contributed by atoms with Crippen molar-refractivity contribution in [3.63, 3.8) is 0 Å². The Balaban J connectivity index is 1.41. The first-order valence-corrected chi connectivity index (χ1v) is 33.7. The highest BCUT2D eigenvalue weighted by atomic mass is 32.2. The fraction of sp³-hybridized carbons (Fsp3) is 0.526. The van der Waals surface area contributed by atoms with Gasteiger partial charge in [-0.15, -0.1) is 11.8 Å². The molecule has 0 saturated carbocycles. The number of hydrogen-bond acceptors (Lipinski definition) is 11. The first-order valence-electron chi connectivity index (χ1n) is 26.9. The number of fused-ring (bicyclic) bond motifs is 6. The molecule has 0 unspecified atom stereocenters. The number of nitrogens with one attached hydrogen (secondary N) is 7. The Morgan fingerprint density at radius 3 is 1.94 bits per heavy atom. The van der Waals surface area contributed by atoms with Crippen molar-refractivity contribution in [3.05, 3.63) is 89.5 Å².